The van der Waals surface area contributed by atoms with E-state index in [-0.39, 0.29) is 11.9 Å². The number of esters is 1. The molecule has 0 spiro atoms. The number of carbonyl (C=O) groups is 1. The Labute approximate surface area is 120 Å². The van der Waals surface area contributed by atoms with Gasteiger partial charge < -0.3 is 10.1 Å². The van der Waals surface area contributed by atoms with Crippen LogP contribution in [-0.4, -0.2) is 18.1 Å². The smallest absolute Gasteiger partial charge is 0.331 e. The zero-order valence-corrected chi connectivity index (χ0v) is 12.8. The zero-order valence-electron chi connectivity index (χ0n) is 12.0. The summed E-state index contributed by atoms with van der Waals surface area (Å²) in [7, 11) is 0. The minimum absolute atomic E-state index is 0.128. The quantitative estimate of drug-likeness (QED) is 0.798. The van der Waals surface area contributed by atoms with E-state index in [1.807, 2.05) is 39.0 Å². The molecule has 0 radical (unpaired) electrons. The summed E-state index contributed by atoms with van der Waals surface area (Å²) >= 11 is 6.15. The fourth-order valence-electron chi connectivity index (χ4n) is 1.91. The van der Waals surface area contributed by atoms with Gasteiger partial charge in [0.1, 0.15) is 5.54 Å². The minimum atomic E-state index is -0.782. The first-order chi connectivity index (χ1) is 8.95. The molecule has 2 atom stereocenters. The van der Waals surface area contributed by atoms with Crippen LogP contribution in [0.2, 0.25) is 5.02 Å². The Morgan fingerprint density at radius 3 is 2.58 bits per heavy atom. The molecule has 0 saturated heterocycles. The Morgan fingerprint density at radius 2 is 2.05 bits per heavy atom. The van der Waals surface area contributed by atoms with Crippen molar-refractivity contribution in [2.75, 3.05) is 11.9 Å². The third kappa shape index (κ3) is 3.63. The second kappa shape index (κ2) is 6.80. The third-order valence-electron chi connectivity index (χ3n) is 3.57. The SMILES string of the molecule is CCOC(=O)C(C)(Nc1ccccc1Cl)C(C)CC. The number of anilines is 1. The molecule has 1 aromatic carbocycles. The summed E-state index contributed by atoms with van der Waals surface area (Å²) in [5, 5.41) is 3.85. The van der Waals surface area contributed by atoms with Crippen LogP contribution in [0.25, 0.3) is 0 Å². The number of hydrogen-bond donors (Lipinski definition) is 1. The van der Waals surface area contributed by atoms with E-state index in [2.05, 4.69) is 12.2 Å². The first-order valence-corrected chi connectivity index (χ1v) is 7.03. The Hall–Kier alpha value is -1.22. The maximum atomic E-state index is 12.3. The van der Waals surface area contributed by atoms with E-state index in [0.717, 1.165) is 12.1 Å². The zero-order chi connectivity index (χ0) is 14.5. The van der Waals surface area contributed by atoms with Crippen LogP contribution in [0.5, 0.6) is 0 Å². The molecule has 0 aliphatic rings. The van der Waals surface area contributed by atoms with Crippen LogP contribution >= 0.6 is 11.6 Å². The Morgan fingerprint density at radius 1 is 1.42 bits per heavy atom. The fraction of sp³-hybridized carbons (Fsp3) is 0.533. The first kappa shape index (κ1) is 15.8. The van der Waals surface area contributed by atoms with Crippen molar-refractivity contribution in [2.24, 2.45) is 5.92 Å². The van der Waals surface area contributed by atoms with Gasteiger partial charge in [-0.3, -0.25) is 0 Å². The predicted molar refractivity (Wildman–Crippen MR) is 79.6 cm³/mol. The summed E-state index contributed by atoms with van der Waals surface area (Å²) in [6, 6.07) is 7.41. The molecule has 0 fully saturated rings. The topological polar surface area (TPSA) is 38.3 Å². The molecule has 1 N–H and O–H groups in total. The summed E-state index contributed by atoms with van der Waals surface area (Å²) in [6.07, 6.45) is 0.868. The average molecular weight is 284 g/mol. The van der Waals surface area contributed by atoms with E-state index in [0.29, 0.717) is 11.6 Å². The highest BCUT2D eigenvalue weighted by molar-refractivity contribution is 6.33. The van der Waals surface area contributed by atoms with Crippen molar-refractivity contribution in [2.45, 2.75) is 39.7 Å². The molecule has 1 rings (SSSR count). The highest BCUT2D eigenvalue weighted by Gasteiger charge is 2.39. The van der Waals surface area contributed by atoms with E-state index in [1.54, 1.807) is 6.07 Å². The second-order valence-electron chi connectivity index (χ2n) is 4.84. The molecule has 0 aliphatic heterocycles. The number of carbonyl (C=O) groups excluding carboxylic acids is 1. The number of benzene rings is 1. The third-order valence-corrected chi connectivity index (χ3v) is 3.90. The van der Waals surface area contributed by atoms with Gasteiger partial charge in [-0.25, -0.2) is 4.79 Å². The number of hydrogen-bond acceptors (Lipinski definition) is 3. The summed E-state index contributed by atoms with van der Waals surface area (Å²) in [5.74, 6) is -0.118. The van der Waals surface area contributed by atoms with Gasteiger partial charge in [-0.05, 0) is 31.9 Å². The van der Waals surface area contributed by atoms with E-state index in [1.165, 1.54) is 0 Å². The molecule has 0 heterocycles. The first-order valence-electron chi connectivity index (χ1n) is 6.65. The predicted octanol–water partition coefficient (Wildman–Crippen LogP) is 4.12. The standard InChI is InChI=1S/C15H22ClNO2/c1-5-11(3)15(4,14(18)19-6-2)17-13-10-8-7-9-12(13)16/h7-11,17H,5-6H2,1-4H3. The van der Waals surface area contributed by atoms with Gasteiger partial charge in [0, 0.05) is 0 Å². The molecular weight excluding hydrogens is 262 g/mol. The Kier molecular flexibility index (Phi) is 5.67. The number of rotatable bonds is 6. The number of para-hydroxylation sites is 1. The van der Waals surface area contributed by atoms with E-state index >= 15 is 0 Å². The lowest BCUT2D eigenvalue weighted by atomic mass is 9.84. The summed E-state index contributed by atoms with van der Waals surface area (Å²) < 4.78 is 5.20. The van der Waals surface area contributed by atoms with Crippen molar-refractivity contribution in [1.29, 1.82) is 0 Å². The second-order valence-corrected chi connectivity index (χ2v) is 5.24. The van der Waals surface area contributed by atoms with E-state index in [9.17, 15) is 4.79 Å². The van der Waals surface area contributed by atoms with Crippen molar-refractivity contribution in [3.05, 3.63) is 29.3 Å². The van der Waals surface area contributed by atoms with Gasteiger partial charge >= 0.3 is 5.97 Å². The van der Waals surface area contributed by atoms with Gasteiger partial charge in [-0.1, -0.05) is 44.0 Å². The molecule has 2 unspecified atom stereocenters. The fourth-order valence-corrected chi connectivity index (χ4v) is 2.09. The lowest BCUT2D eigenvalue weighted by Gasteiger charge is -2.35. The van der Waals surface area contributed by atoms with Crippen molar-refractivity contribution in [3.8, 4) is 0 Å². The monoisotopic (exact) mass is 283 g/mol. The highest BCUT2D eigenvalue weighted by Crippen LogP contribution is 2.30. The van der Waals surface area contributed by atoms with Crippen LogP contribution in [0.4, 0.5) is 5.69 Å². The van der Waals surface area contributed by atoms with E-state index < -0.39 is 5.54 Å². The van der Waals surface area contributed by atoms with E-state index in [4.69, 9.17) is 16.3 Å². The number of nitrogens with one attached hydrogen (secondary N) is 1. The molecule has 0 bridgehead atoms. The molecule has 1 aromatic rings. The van der Waals surface area contributed by atoms with Gasteiger partial charge in [-0.15, -0.1) is 0 Å². The van der Waals surface area contributed by atoms with Crippen molar-refractivity contribution >= 4 is 23.3 Å². The molecule has 0 aromatic heterocycles. The van der Waals surface area contributed by atoms with Crippen LogP contribution in [0.3, 0.4) is 0 Å². The minimum Gasteiger partial charge on any atom is -0.464 e. The van der Waals surface area contributed by atoms with Crippen LogP contribution in [0.15, 0.2) is 24.3 Å². The Bertz CT molecular complexity index is 436. The molecular formula is C15H22ClNO2. The molecule has 0 amide bonds. The summed E-state index contributed by atoms with van der Waals surface area (Å²) in [5.41, 5.74) is -0.0320. The maximum absolute atomic E-state index is 12.3. The van der Waals surface area contributed by atoms with Crippen LogP contribution in [0.1, 0.15) is 34.1 Å². The van der Waals surface area contributed by atoms with Gasteiger partial charge in [-0.2, -0.15) is 0 Å². The van der Waals surface area contributed by atoms with Crippen molar-refractivity contribution in [3.63, 3.8) is 0 Å². The van der Waals surface area contributed by atoms with Gasteiger partial charge in [0.15, 0.2) is 0 Å². The largest absolute Gasteiger partial charge is 0.464 e. The van der Waals surface area contributed by atoms with Crippen molar-refractivity contribution < 1.29 is 9.53 Å². The lowest BCUT2D eigenvalue weighted by molar-refractivity contribution is -0.149. The molecule has 0 aliphatic carbocycles. The average Bonchev–Trinajstić information content (AvgIpc) is 2.40. The number of halogens is 1. The van der Waals surface area contributed by atoms with Gasteiger partial charge in [0.2, 0.25) is 0 Å². The Balaban J connectivity index is 3.05. The summed E-state index contributed by atoms with van der Waals surface area (Å²) in [6.45, 7) is 8.12. The van der Waals surface area contributed by atoms with Crippen LogP contribution in [0, 0.1) is 5.92 Å². The lowest BCUT2D eigenvalue weighted by Crippen LogP contribution is -2.50. The summed E-state index contributed by atoms with van der Waals surface area (Å²) in [4.78, 5) is 12.3. The highest BCUT2D eigenvalue weighted by atomic mass is 35.5. The molecule has 3 nitrogen and oxygen atoms in total. The molecule has 4 heteroatoms. The molecule has 19 heavy (non-hydrogen) atoms. The molecule has 106 valence electrons. The van der Waals surface area contributed by atoms with Gasteiger partial charge in [0.25, 0.3) is 0 Å². The maximum Gasteiger partial charge on any atom is 0.331 e. The normalized spacial score (nSPS) is 15.4. The van der Waals surface area contributed by atoms with Gasteiger partial charge in [0.05, 0.1) is 17.3 Å². The molecule has 0 saturated carbocycles. The number of ether oxygens (including phenoxy) is 1. The van der Waals surface area contributed by atoms with Crippen LogP contribution < -0.4 is 5.32 Å². The van der Waals surface area contributed by atoms with Crippen LogP contribution in [-0.2, 0) is 9.53 Å². The van der Waals surface area contributed by atoms with Crippen molar-refractivity contribution in [1.82, 2.24) is 0 Å².